The number of urea groups is 1. The van der Waals surface area contributed by atoms with Gasteiger partial charge in [-0.15, -0.1) is 11.3 Å². The van der Waals surface area contributed by atoms with Crippen molar-refractivity contribution in [3.8, 4) is 0 Å². The summed E-state index contributed by atoms with van der Waals surface area (Å²) in [4.78, 5) is 155. The number of amides is 11. The Morgan fingerprint density at radius 3 is 2.02 bits per heavy atom. The number of likely N-dealkylation sites (N-methyl/N-ethyl adjacent to an activating group) is 1. The number of nitrogens with zero attached hydrogens (tertiary/aromatic N) is 3. The number of carbonyl (C=O) groups excluding carboxylic acids is 11. The summed E-state index contributed by atoms with van der Waals surface area (Å²) >= 11 is 1.47. The molecule has 27 nitrogen and oxygen atoms in total. The van der Waals surface area contributed by atoms with E-state index in [1.165, 1.54) is 39.2 Å². The van der Waals surface area contributed by atoms with Gasteiger partial charge in [-0.05, 0) is 120 Å². The van der Waals surface area contributed by atoms with Gasteiger partial charge in [-0.1, -0.05) is 104 Å². The molecule has 0 bridgehead atoms. The molecule has 28 heteroatoms. The van der Waals surface area contributed by atoms with Crippen LogP contribution in [-0.4, -0.2) is 175 Å². The third-order valence-electron chi connectivity index (χ3n) is 18.3. The number of nitrogens with one attached hydrogen (secondary N) is 8. The molecule has 0 saturated carbocycles. The highest BCUT2D eigenvalue weighted by atomic mass is 32.1. The lowest BCUT2D eigenvalue weighted by atomic mass is 9.89. The molecular weight excluding hydrogens is 1290 g/mol. The van der Waals surface area contributed by atoms with Crippen LogP contribution in [0.1, 0.15) is 169 Å². The Morgan fingerprint density at radius 2 is 1.42 bits per heavy atom. The zero-order chi connectivity index (χ0) is 73.7. The minimum Gasteiger partial charge on any atom is -0.445 e. The summed E-state index contributed by atoms with van der Waals surface area (Å²) in [6, 6.07) is 9.74. The molecular formula is C71H111N13O14S. The number of hydrogen-bond donors (Lipinski definition) is 10. The predicted octanol–water partition coefficient (Wildman–Crippen LogP) is 5.94. The van der Waals surface area contributed by atoms with Crippen LogP contribution in [0.2, 0.25) is 0 Å². The quantitative estimate of drug-likeness (QED) is 0.0293. The Kier molecular flexibility index (Phi) is 34.9. The van der Waals surface area contributed by atoms with Crippen molar-refractivity contribution in [3.05, 3.63) is 82.3 Å². The molecule has 1 saturated heterocycles. The second-order valence-electron chi connectivity index (χ2n) is 27.1. The number of ketones is 1. The van der Waals surface area contributed by atoms with Crippen molar-refractivity contribution in [2.75, 3.05) is 46.2 Å². The van der Waals surface area contributed by atoms with Crippen molar-refractivity contribution >= 4 is 82.2 Å². The minimum atomic E-state index is -1.60. The standard InChI is InChI=1S/C71H111N13O14S/c1-15-44(6)60(55(96-13)40-57(87)84-37-22-27-54(84)61(97-14)46(8)62(88)79-53(66-75-36-38-99-66)39-48-23-17-16-18-24-48)83(12)67(92)59(43(4)5)81-68(93)71(10,11)82-70(95)98-41-49-29-31-50(32-30-49)77-64(90)52(26-21-35-76-69(73)94)78-65(91)58(42(2)3)80-63(89)51(72)25-19-20-34-74-56(86)33-28-45(7)47(9)85/h16-18,23-24,29-32,36,38,42-46,51-55,58-61H,15,19-22,25-28,33-35,37,39-41,72H2,1-14H3,(H,74,86)(H,77,90)(H,78,91)(H,79,88)(H,80,89)(H,81,93)(H,82,95)(H3,73,76,94)/t44-,45+,46+,51-,52-,53-,54-,55+,58-,59-,60-,61+/m0/s1. The molecule has 2 heterocycles. The molecule has 3 aromatic rings. The highest BCUT2D eigenvalue weighted by Gasteiger charge is 2.44. The lowest BCUT2D eigenvalue weighted by Crippen LogP contribution is -2.62. The number of Topliss-reactive ketones (excluding diaryl/α,β-unsaturated/α-hetero) is 1. The van der Waals surface area contributed by atoms with Crippen molar-refractivity contribution in [2.24, 2.45) is 41.1 Å². The van der Waals surface area contributed by atoms with Gasteiger partial charge in [-0.25, -0.2) is 14.6 Å². The van der Waals surface area contributed by atoms with E-state index in [-0.39, 0.29) is 86.6 Å². The van der Waals surface area contributed by atoms with Gasteiger partial charge in [-0.3, -0.25) is 43.2 Å². The van der Waals surface area contributed by atoms with Gasteiger partial charge in [0.05, 0.1) is 48.7 Å². The number of aromatic nitrogens is 1. The van der Waals surface area contributed by atoms with Crippen LogP contribution in [0.5, 0.6) is 0 Å². The van der Waals surface area contributed by atoms with Crippen LogP contribution in [0, 0.1) is 29.6 Å². The average Bonchev–Trinajstić information content (AvgIpc) is 1.14. The fourth-order valence-electron chi connectivity index (χ4n) is 11.9. The van der Waals surface area contributed by atoms with Crippen LogP contribution in [0.4, 0.5) is 15.3 Å². The second kappa shape index (κ2) is 41.5. The highest BCUT2D eigenvalue weighted by molar-refractivity contribution is 7.09. The monoisotopic (exact) mass is 1400 g/mol. The van der Waals surface area contributed by atoms with Gasteiger partial charge >= 0.3 is 12.1 Å². The lowest BCUT2D eigenvalue weighted by molar-refractivity contribution is -0.148. The van der Waals surface area contributed by atoms with Crippen LogP contribution in [0.25, 0.3) is 0 Å². The summed E-state index contributed by atoms with van der Waals surface area (Å²) in [6.07, 6.45) is 4.08. The normalized spacial score (nSPS) is 16.4. The van der Waals surface area contributed by atoms with Crippen molar-refractivity contribution in [3.63, 3.8) is 0 Å². The maximum atomic E-state index is 14.7. The first-order valence-electron chi connectivity index (χ1n) is 34.5. The van der Waals surface area contributed by atoms with Gasteiger partial charge in [0.15, 0.2) is 0 Å². The molecule has 2 aromatic carbocycles. The van der Waals surface area contributed by atoms with E-state index in [2.05, 4.69) is 47.5 Å². The smallest absolute Gasteiger partial charge is 0.408 e. The first-order valence-corrected chi connectivity index (χ1v) is 35.4. The average molecular weight is 1400 g/mol. The van der Waals surface area contributed by atoms with Gasteiger partial charge in [0, 0.05) is 70.5 Å². The number of likely N-dealkylation sites (tertiary alicyclic amines) is 1. The largest absolute Gasteiger partial charge is 0.445 e. The molecule has 11 amide bonds. The first kappa shape index (κ1) is 83.3. The van der Waals surface area contributed by atoms with E-state index < -0.39 is 113 Å². The highest BCUT2D eigenvalue weighted by Crippen LogP contribution is 2.31. The Bertz CT molecular complexity index is 3100. The summed E-state index contributed by atoms with van der Waals surface area (Å²) < 4.78 is 17.7. The maximum Gasteiger partial charge on any atom is 0.408 e. The molecule has 0 radical (unpaired) electrons. The van der Waals surface area contributed by atoms with Crippen LogP contribution < -0.4 is 54.0 Å². The number of methoxy groups -OCH3 is 2. The minimum absolute atomic E-state index is 0.0224. The topological polar surface area (TPSA) is 383 Å². The molecule has 0 unspecified atom stereocenters. The number of carbonyl (C=O) groups is 11. The van der Waals surface area contributed by atoms with E-state index in [1.807, 2.05) is 56.5 Å². The van der Waals surface area contributed by atoms with Crippen molar-refractivity contribution in [1.29, 1.82) is 0 Å². The molecule has 0 spiro atoms. The molecule has 1 fully saturated rings. The number of benzene rings is 2. The number of thiazole rings is 1. The number of unbranched alkanes of at least 4 members (excludes halogenated alkanes) is 1. The lowest BCUT2D eigenvalue weighted by Gasteiger charge is -2.41. The van der Waals surface area contributed by atoms with E-state index in [1.54, 1.807) is 89.0 Å². The number of ether oxygens (including phenoxy) is 3. The van der Waals surface area contributed by atoms with Crippen LogP contribution in [-0.2, 0) is 70.4 Å². The summed E-state index contributed by atoms with van der Waals surface area (Å²) in [5, 5.41) is 24.8. The van der Waals surface area contributed by atoms with Crippen LogP contribution >= 0.6 is 11.3 Å². The first-order chi connectivity index (χ1) is 46.8. The molecule has 99 heavy (non-hydrogen) atoms. The number of nitrogens with two attached hydrogens (primary N) is 2. The summed E-state index contributed by atoms with van der Waals surface area (Å²) in [5.41, 5.74) is 11.7. The van der Waals surface area contributed by atoms with Gasteiger partial charge in [0.2, 0.25) is 47.3 Å². The fraction of sp³-hybridized carbons (Fsp3) is 0.634. The van der Waals surface area contributed by atoms with Crippen molar-refractivity contribution in [2.45, 2.75) is 220 Å². The zero-order valence-corrected chi connectivity index (χ0v) is 61.2. The summed E-state index contributed by atoms with van der Waals surface area (Å²) in [7, 11) is 4.69. The molecule has 550 valence electrons. The number of anilines is 1. The molecule has 1 aromatic heterocycles. The Hall–Kier alpha value is -8.08. The third-order valence-corrected chi connectivity index (χ3v) is 19.2. The molecule has 1 aliphatic rings. The second-order valence-corrected chi connectivity index (χ2v) is 28.1. The Labute approximate surface area is 588 Å². The van der Waals surface area contributed by atoms with E-state index in [9.17, 15) is 52.7 Å². The van der Waals surface area contributed by atoms with E-state index in [0.717, 1.165) is 10.6 Å². The zero-order valence-electron chi connectivity index (χ0n) is 60.4. The van der Waals surface area contributed by atoms with Gasteiger partial charge in [0.25, 0.3) is 0 Å². The number of hydrogen-bond acceptors (Lipinski definition) is 17. The predicted molar refractivity (Wildman–Crippen MR) is 378 cm³/mol. The van der Waals surface area contributed by atoms with E-state index >= 15 is 0 Å². The van der Waals surface area contributed by atoms with Gasteiger partial charge < -0.3 is 78.0 Å². The number of primary amides is 1. The molecule has 12 atom stereocenters. The van der Waals surface area contributed by atoms with Gasteiger partial charge in [0.1, 0.15) is 41.1 Å². The fourth-order valence-corrected chi connectivity index (χ4v) is 12.6. The Morgan fingerprint density at radius 1 is 0.758 bits per heavy atom. The van der Waals surface area contributed by atoms with Gasteiger partial charge in [-0.2, -0.15) is 0 Å². The van der Waals surface area contributed by atoms with E-state index in [4.69, 9.17) is 25.7 Å². The summed E-state index contributed by atoms with van der Waals surface area (Å²) in [5.74, 6) is -5.39. The maximum absolute atomic E-state index is 14.7. The summed E-state index contributed by atoms with van der Waals surface area (Å²) in [6.45, 7) is 19.7. The van der Waals surface area contributed by atoms with E-state index in [0.29, 0.717) is 69.3 Å². The molecule has 1 aliphatic heterocycles. The van der Waals surface area contributed by atoms with Crippen LogP contribution in [0.3, 0.4) is 0 Å². The Balaban J connectivity index is 1.34. The molecule has 4 rings (SSSR count). The van der Waals surface area contributed by atoms with Crippen LogP contribution in [0.15, 0.2) is 66.2 Å². The van der Waals surface area contributed by atoms with Crippen molar-refractivity contribution in [1.82, 2.24) is 52.0 Å². The number of rotatable bonds is 42. The van der Waals surface area contributed by atoms with Crippen molar-refractivity contribution < 1.29 is 67.0 Å². The number of alkyl carbamates (subject to hydrolysis) is 1. The molecule has 0 aliphatic carbocycles. The molecule has 12 N–H and O–H groups in total. The SMILES string of the molecule is CC[C@H](C)[C@@H]([C@@H](CC(=O)N1CCC[C@H]1[C@H](OC)[C@@H](C)C(=O)N[C@@H](Cc1ccccc1)c1nccs1)OC)N(C)C(=O)[C@@H](NC(=O)C(C)(C)NC(=O)OCc1ccc(NC(=O)[C@H](CCCNC(N)=O)NC(=O)[C@@H](NC(=O)[C@@H](N)CCCCNC(=O)CC[C@@H](C)C(C)=O)C(C)C)cc1)C(C)C. The third kappa shape index (κ3) is 26.8.